The number of halogens is 2. The van der Waals surface area contributed by atoms with Crippen LogP contribution >= 0.6 is 0 Å². The van der Waals surface area contributed by atoms with Gasteiger partial charge in [-0.1, -0.05) is 0 Å². The maximum absolute atomic E-state index is 13.7. The third-order valence-electron chi connectivity index (χ3n) is 2.86. The molecule has 1 saturated carbocycles. The van der Waals surface area contributed by atoms with Crippen molar-refractivity contribution in [2.24, 2.45) is 0 Å². The van der Waals surface area contributed by atoms with Crippen molar-refractivity contribution in [3.05, 3.63) is 17.7 Å². The molecule has 17 heavy (non-hydrogen) atoms. The van der Waals surface area contributed by atoms with Crippen LogP contribution in [0.2, 0.25) is 0 Å². The molecule has 2 rings (SSSR count). The fourth-order valence-corrected chi connectivity index (χ4v) is 1.92. The molecule has 1 aliphatic rings. The van der Waals surface area contributed by atoms with Gasteiger partial charge in [-0.05, 0) is 26.7 Å². The zero-order valence-electron chi connectivity index (χ0n) is 10.1. The zero-order valence-corrected chi connectivity index (χ0v) is 10.1. The molecule has 1 heterocycles. The van der Waals surface area contributed by atoms with E-state index in [0.29, 0.717) is 19.1 Å². The van der Waals surface area contributed by atoms with Crippen molar-refractivity contribution in [2.75, 3.05) is 23.3 Å². The van der Waals surface area contributed by atoms with Crippen molar-refractivity contribution in [1.29, 1.82) is 0 Å². The summed E-state index contributed by atoms with van der Waals surface area (Å²) >= 11 is 0. The smallest absolute Gasteiger partial charge is 0.168 e. The summed E-state index contributed by atoms with van der Waals surface area (Å²) < 4.78 is 27.1. The second kappa shape index (κ2) is 4.85. The van der Waals surface area contributed by atoms with Gasteiger partial charge < -0.3 is 10.2 Å². The number of nitrogens with zero attached hydrogens (tertiary/aromatic N) is 2. The normalized spacial score (nSPS) is 14.8. The average Bonchev–Trinajstić information content (AvgIpc) is 3.10. The Morgan fingerprint density at radius 3 is 2.59 bits per heavy atom. The van der Waals surface area contributed by atoms with Crippen LogP contribution in [0.1, 0.15) is 26.7 Å². The highest BCUT2D eigenvalue weighted by Crippen LogP contribution is 2.32. The van der Waals surface area contributed by atoms with E-state index in [0.717, 1.165) is 18.9 Å². The van der Waals surface area contributed by atoms with E-state index in [4.69, 9.17) is 0 Å². The first-order chi connectivity index (χ1) is 8.17. The fourth-order valence-electron chi connectivity index (χ4n) is 1.92. The Labute approximate surface area is 99.8 Å². The van der Waals surface area contributed by atoms with Crippen molar-refractivity contribution in [3.8, 4) is 0 Å². The standard InChI is InChI=1S/C12H17F2N3/c1-3-15-11-9(13)7-10(14)12(16-11)17(4-2)8-5-6-8/h7-8H,3-6H2,1-2H3,(H,15,16). The fraction of sp³-hybridized carbons (Fsp3) is 0.583. The Hall–Kier alpha value is -1.39. The SMILES string of the molecule is CCNc1nc(N(CC)C2CC2)c(F)cc1F. The van der Waals surface area contributed by atoms with Gasteiger partial charge in [0.05, 0.1) is 0 Å². The van der Waals surface area contributed by atoms with Crippen LogP contribution in [0.25, 0.3) is 0 Å². The topological polar surface area (TPSA) is 28.2 Å². The molecule has 0 saturated heterocycles. The molecule has 0 bridgehead atoms. The van der Waals surface area contributed by atoms with Gasteiger partial charge in [-0.25, -0.2) is 13.8 Å². The van der Waals surface area contributed by atoms with E-state index in [1.807, 2.05) is 18.7 Å². The van der Waals surface area contributed by atoms with E-state index in [1.54, 1.807) is 0 Å². The summed E-state index contributed by atoms with van der Waals surface area (Å²) in [5, 5.41) is 2.80. The molecular weight excluding hydrogens is 224 g/mol. The Morgan fingerprint density at radius 1 is 1.35 bits per heavy atom. The van der Waals surface area contributed by atoms with Crippen LogP contribution in [0, 0.1) is 11.6 Å². The molecule has 0 aromatic carbocycles. The monoisotopic (exact) mass is 241 g/mol. The van der Waals surface area contributed by atoms with Gasteiger partial charge in [0.2, 0.25) is 0 Å². The van der Waals surface area contributed by atoms with Gasteiger partial charge in [0.15, 0.2) is 23.3 Å². The van der Waals surface area contributed by atoms with E-state index < -0.39 is 11.6 Å². The highest BCUT2D eigenvalue weighted by Gasteiger charge is 2.31. The van der Waals surface area contributed by atoms with Gasteiger partial charge in [-0.3, -0.25) is 0 Å². The quantitative estimate of drug-likeness (QED) is 0.859. The molecule has 94 valence electrons. The van der Waals surface area contributed by atoms with Crippen LogP contribution in [-0.4, -0.2) is 24.1 Å². The Morgan fingerprint density at radius 2 is 2.06 bits per heavy atom. The minimum absolute atomic E-state index is 0.128. The summed E-state index contributed by atoms with van der Waals surface area (Å²) in [6.45, 7) is 5.05. The van der Waals surface area contributed by atoms with Gasteiger partial charge in [0, 0.05) is 25.2 Å². The Kier molecular flexibility index (Phi) is 3.45. The van der Waals surface area contributed by atoms with Crippen LogP contribution < -0.4 is 10.2 Å². The third-order valence-corrected chi connectivity index (χ3v) is 2.86. The van der Waals surface area contributed by atoms with Crippen molar-refractivity contribution < 1.29 is 8.78 Å². The van der Waals surface area contributed by atoms with Crippen LogP contribution in [0.5, 0.6) is 0 Å². The molecule has 1 aromatic rings. The lowest BCUT2D eigenvalue weighted by atomic mass is 10.3. The molecule has 0 radical (unpaired) electrons. The van der Waals surface area contributed by atoms with E-state index in [9.17, 15) is 8.78 Å². The molecule has 0 amide bonds. The predicted molar refractivity (Wildman–Crippen MR) is 64.4 cm³/mol. The molecule has 5 heteroatoms. The molecule has 1 aliphatic carbocycles. The van der Waals surface area contributed by atoms with Crippen molar-refractivity contribution >= 4 is 11.6 Å². The van der Waals surface area contributed by atoms with Crippen LogP contribution in [-0.2, 0) is 0 Å². The Balaban J connectivity index is 2.34. The van der Waals surface area contributed by atoms with Crippen LogP contribution in [0.3, 0.4) is 0 Å². The molecular formula is C12H17F2N3. The van der Waals surface area contributed by atoms with E-state index in [1.165, 1.54) is 0 Å². The third kappa shape index (κ3) is 2.48. The number of anilines is 2. The van der Waals surface area contributed by atoms with Gasteiger partial charge in [-0.15, -0.1) is 0 Å². The summed E-state index contributed by atoms with van der Waals surface area (Å²) in [6.07, 6.45) is 2.12. The molecule has 3 nitrogen and oxygen atoms in total. The summed E-state index contributed by atoms with van der Waals surface area (Å²) in [4.78, 5) is 5.96. The predicted octanol–water partition coefficient (Wildman–Crippen LogP) is 2.78. The number of hydrogen-bond acceptors (Lipinski definition) is 3. The highest BCUT2D eigenvalue weighted by atomic mass is 19.1. The number of nitrogens with one attached hydrogen (secondary N) is 1. The van der Waals surface area contributed by atoms with Gasteiger partial charge in [-0.2, -0.15) is 0 Å². The molecule has 1 N–H and O–H groups in total. The van der Waals surface area contributed by atoms with Crippen molar-refractivity contribution in [1.82, 2.24) is 4.98 Å². The number of hydrogen-bond donors (Lipinski definition) is 1. The highest BCUT2D eigenvalue weighted by molar-refractivity contribution is 5.50. The molecule has 1 aromatic heterocycles. The lowest BCUT2D eigenvalue weighted by Gasteiger charge is -2.22. The molecule has 0 spiro atoms. The number of aromatic nitrogens is 1. The van der Waals surface area contributed by atoms with E-state index in [2.05, 4.69) is 10.3 Å². The first kappa shape index (κ1) is 12.1. The molecule has 0 unspecified atom stereocenters. The summed E-state index contributed by atoms with van der Waals surface area (Å²) in [7, 11) is 0. The minimum Gasteiger partial charge on any atom is -0.368 e. The lowest BCUT2D eigenvalue weighted by Crippen LogP contribution is -2.27. The van der Waals surface area contributed by atoms with Gasteiger partial charge >= 0.3 is 0 Å². The summed E-state index contributed by atoms with van der Waals surface area (Å²) in [5.74, 6) is -0.840. The van der Waals surface area contributed by atoms with Crippen molar-refractivity contribution in [2.45, 2.75) is 32.7 Å². The van der Waals surface area contributed by atoms with E-state index >= 15 is 0 Å². The Bertz CT molecular complexity index is 405. The van der Waals surface area contributed by atoms with Crippen molar-refractivity contribution in [3.63, 3.8) is 0 Å². The minimum atomic E-state index is -0.639. The molecule has 0 atom stereocenters. The largest absolute Gasteiger partial charge is 0.368 e. The maximum atomic E-state index is 13.7. The van der Waals surface area contributed by atoms with Crippen LogP contribution in [0.15, 0.2) is 6.07 Å². The van der Waals surface area contributed by atoms with Gasteiger partial charge in [0.25, 0.3) is 0 Å². The lowest BCUT2D eigenvalue weighted by molar-refractivity contribution is 0.569. The number of pyridine rings is 1. The molecule has 0 aliphatic heterocycles. The molecule has 1 fully saturated rings. The average molecular weight is 241 g/mol. The summed E-state index contributed by atoms with van der Waals surface area (Å²) in [5.41, 5.74) is 0. The second-order valence-electron chi connectivity index (χ2n) is 4.17. The summed E-state index contributed by atoms with van der Waals surface area (Å²) in [6, 6.07) is 1.27. The van der Waals surface area contributed by atoms with E-state index in [-0.39, 0.29) is 11.6 Å². The van der Waals surface area contributed by atoms with Crippen LogP contribution in [0.4, 0.5) is 20.4 Å². The first-order valence-electron chi connectivity index (χ1n) is 6.03. The maximum Gasteiger partial charge on any atom is 0.168 e. The number of rotatable bonds is 5. The first-order valence-corrected chi connectivity index (χ1v) is 6.03. The van der Waals surface area contributed by atoms with Gasteiger partial charge in [0.1, 0.15) is 0 Å². The zero-order chi connectivity index (χ0) is 12.4. The second-order valence-corrected chi connectivity index (χ2v) is 4.17.